The number of H-pyrrole nitrogens is 1. The van der Waals surface area contributed by atoms with Crippen LogP contribution in [0.3, 0.4) is 0 Å². The van der Waals surface area contributed by atoms with Gasteiger partial charge in [-0.15, -0.1) is 0 Å². The number of aromatic nitrogens is 1. The SMILES string of the molecule is CC(C)(C)OC(=O)N1[C@H](c2ccc3c(c2)OCO3)c2[nH]c3ccccc3c2C[C@@H]1C(=O)OCc1ccccc1. The summed E-state index contributed by atoms with van der Waals surface area (Å²) in [5.74, 6) is 0.725. The number of ether oxygens (including phenoxy) is 4. The summed E-state index contributed by atoms with van der Waals surface area (Å²) in [6.45, 7) is 5.66. The van der Waals surface area contributed by atoms with Gasteiger partial charge in [0, 0.05) is 23.0 Å². The number of rotatable bonds is 4. The number of carbonyl (C=O) groups is 2. The maximum absolute atomic E-state index is 13.9. The Hall–Kier alpha value is -4.46. The van der Waals surface area contributed by atoms with E-state index in [0.29, 0.717) is 11.5 Å². The van der Waals surface area contributed by atoms with E-state index in [1.54, 1.807) is 0 Å². The Morgan fingerprint density at radius 2 is 1.72 bits per heavy atom. The molecule has 8 nitrogen and oxygen atoms in total. The monoisotopic (exact) mass is 526 g/mol. The molecule has 2 aliphatic rings. The summed E-state index contributed by atoms with van der Waals surface area (Å²) < 4.78 is 22.8. The molecule has 0 saturated carbocycles. The third-order valence-electron chi connectivity index (χ3n) is 6.94. The summed E-state index contributed by atoms with van der Waals surface area (Å²) in [5, 5.41) is 1.00. The van der Waals surface area contributed by atoms with E-state index in [0.717, 1.165) is 33.3 Å². The minimum Gasteiger partial charge on any atom is -0.459 e. The van der Waals surface area contributed by atoms with E-state index in [2.05, 4.69) is 4.98 Å². The molecule has 2 aliphatic heterocycles. The first-order valence-electron chi connectivity index (χ1n) is 13.0. The summed E-state index contributed by atoms with van der Waals surface area (Å²) in [7, 11) is 0. The molecule has 1 aromatic heterocycles. The van der Waals surface area contributed by atoms with Crippen LogP contribution in [0.5, 0.6) is 11.5 Å². The molecule has 200 valence electrons. The number of esters is 1. The Kier molecular flexibility index (Phi) is 6.17. The van der Waals surface area contributed by atoms with Crippen molar-refractivity contribution in [1.29, 1.82) is 0 Å². The van der Waals surface area contributed by atoms with Crippen LogP contribution in [0.4, 0.5) is 4.79 Å². The fourth-order valence-corrected chi connectivity index (χ4v) is 5.26. The number of carbonyl (C=O) groups excluding carboxylic acids is 2. The summed E-state index contributed by atoms with van der Waals surface area (Å²) in [6, 6.07) is 21.4. The number of para-hydroxylation sites is 1. The van der Waals surface area contributed by atoms with Gasteiger partial charge in [0.15, 0.2) is 11.5 Å². The van der Waals surface area contributed by atoms with E-state index in [9.17, 15) is 9.59 Å². The highest BCUT2D eigenvalue weighted by Gasteiger charge is 2.46. The summed E-state index contributed by atoms with van der Waals surface area (Å²) in [6.07, 6.45) is -0.316. The van der Waals surface area contributed by atoms with Gasteiger partial charge in [0.05, 0.1) is 0 Å². The van der Waals surface area contributed by atoms with E-state index in [1.807, 2.05) is 93.6 Å². The second-order valence-corrected chi connectivity index (χ2v) is 10.8. The molecule has 8 heteroatoms. The summed E-state index contributed by atoms with van der Waals surface area (Å²) >= 11 is 0. The van der Waals surface area contributed by atoms with Crippen LogP contribution in [0, 0.1) is 0 Å². The lowest BCUT2D eigenvalue weighted by molar-refractivity contribution is -0.152. The van der Waals surface area contributed by atoms with Crippen LogP contribution in [0.2, 0.25) is 0 Å². The van der Waals surface area contributed by atoms with E-state index < -0.39 is 29.7 Å². The molecule has 0 fully saturated rings. The van der Waals surface area contributed by atoms with Gasteiger partial charge in [0.1, 0.15) is 24.3 Å². The minimum atomic E-state index is -0.911. The van der Waals surface area contributed by atoms with E-state index in [4.69, 9.17) is 18.9 Å². The van der Waals surface area contributed by atoms with Gasteiger partial charge >= 0.3 is 12.1 Å². The highest BCUT2D eigenvalue weighted by Crippen LogP contribution is 2.44. The van der Waals surface area contributed by atoms with Crippen LogP contribution in [-0.4, -0.2) is 40.4 Å². The lowest BCUT2D eigenvalue weighted by atomic mass is 9.88. The van der Waals surface area contributed by atoms with Gasteiger partial charge in [-0.2, -0.15) is 0 Å². The maximum atomic E-state index is 13.9. The fraction of sp³-hybridized carbons (Fsp3) is 0.290. The number of nitrogens with one attached hydrogen (secondary N) is 1. The molecule has 1 N–H and O–H groups in total. The molecular weight excluding hydrogens is 496 g/mol. The Bertz CT molecular complexity index is 1540. The Balaban J connectivity index is 1.47. The zero-order valence-corrected chi connectivity index (χ0v) is 22.1. The van der Waals surface area contributed by atoms with Crippen LogP contribution < -0.4 is 9.47 Å². The van der Waals surface area contributed by atoms with Crippen LogP contribution in [0.25, 0.3) is 10.9 Å². The average Bonchev–Trinajstić information content (AvgIpc) is 3.54. The number of amides is 1. The molecule has 0 radical (unpaired) electrons. The van der Waals surface area contributed by atoms with Crippen molar-refractivity contribution in [3.8, 4) is 11.5 Å². The first-order chi connectivity index (χ1) is 18.8. The molecule has 4 aromatic rings. The standard InChI is InChI=1S/C31H30N2O6/c1-31(2,3)39-30(35)33-24(29(34)36-17-19-9-5-4-6-10-19)16-22-21-11-7-8-12-23(21)32-27(22)28(33)20-13-14-25-26(15-20)38-18-37-25/h4-15,24,28,32H,16-18H2,1-3H3/t24-,28-/m1/s1. The van der Waals surface area contributed by atoms with Gasteiger partial charge in [-0.3, -0.25) is 4.90 Å². The third kappa shape index (κ3) is 4.78. The highest BCUT2D eigenvalue weighted by molar-refractivity contribution is 5.89. The fourth-order valence-electron chi connectivity index (χ4n) is 5.26. The molecule has 1 amide bonds. The van der Waals surface area contributed by atoms with Crippen molar-refractivity contribution in [2.24, 2.45) is 0 Å². The largest absolute Gasteiger partial charge is 0.459 e. The van der Waals surface area contributed by atoms with Crippen molar-refractivity contribution in [1.82, 2.24) is 9.88 Å². The number of nitrogens with zero attached hydrogens (tertiary/aromatic N) is 1. The van der Waals surface area contributed by atoms with Crippen LogP contribution in [0.15, 0.2) is 72.8 Å². The topological polar surface area (TPSA) is 90.1 Å². The van der Waals surface area contributed by atoms with Gasteiger partial charge in [0.25, 0.3) is 0 Å². The van der Waals surface area contributed by atoms with Crippen LogP contribution in [-0.2, 0) is 27.3 Å². The molecule has 0 unspecified atom stereocenters. The summed E-state index contributed by atoms with van der Waals surface area (Å²) in [5.41, 5.74) is 3.58. The van der Waals surface area contributed by atoms with Gasteiger partial charge < -0.3 is 23.9 Å². The predicted octanol–water partition coefficient (Wildman–Crippen LogP) is 5.89. The van der Waals surface area contributed by atoms with E-state index in [-0.39, 0.29) is 19.8 Å². The van der Waals surface area contributed by atoms with E-state index in [1.165, 1.54) is 4.90 Å². The first-order valence-corrected chi connectivity index (χ1v) is 13.0. The molecule has 0 bridgehead atoms. The Labute approximate surface area is 226 Å². The Morgan fingerprint density at radius 1 is 0.974 bits per heavy atom. The van der Waals surface area contributed by atoms with Crippen molar-refractivity contribution in [3.63, 3.8) is 0 Å². The van der Waals surface area contributed by atoms with Crippen molar-refractivity contribution < 1.29 is 28.5 Å². The second-order valence-electron chi connectivity index (χ2n) is 10.8. The number of fused-ring (bicyclic) bond motifs is 4. The minimum absolute atomic E-state index is 0.105. The molecule has 6 rings (SSSR count). The quantitative estimate of drug-likeness (QED) is 0.334. The zero-order chi connectivity index (χ0) is 27.1. The third-order valence-corrected chi connectivity index (χ3v) is 6.94. The average molecular weight is 527 g/mol. The predicted molar refractivity (Wildman–Crippen MR) is 145 cm³/mol. The smallest absolute Gasteiger partial charge is 0.411 e. The van der Waals surface area contributed by atoms with Crippen molar-refractivity contribution in [2.75, 3.05) is 6.79 Å². The Morgan fingerprint density at radius 3 is 2.51 bits per heavy atom. The van der Waals surface area contributed by atoms with E-state index >= 15 is 0 Å². The van der Waals surface area contributed by atoms with Crippen molar-refractivity contribution in [3.05, 3.63) is 95.2 Å². The van der Waals surface area contributed by atoms with Gasteiger partial charge in [-0.25, -0.2) is 9.59 Å². The molecule has 39 heavy (non-hydrogen) atoms. The van der Waals surface area contributed by atoms with Crippen molar-refractivity contribution >= 4 is 23.0 Å². The number of aromatic amines is 1. The number of hydrogen-bond acceptors (Lipinski definition) is 6. The first kappa shape index (κ1) is 24.9. The lowest BCUT2D eigenvalue weighted by Crippen LogP contribution is -2.53. The van der Waals surface area contributed by atoms with Gasteiger partial charge in [0.2, 0.25) is 6.79 Å². The molecule has 3 heterocycles. The lowest BCUT2D eigenvalue weighted by Gasteiger charge is -2.41. The van der Waals surface area contributed by atoms with Crippen molar-refractivity contribution in [2.45, 2.75) is 51.5 Å². The molecule has 3 aromatic carbocycles. The van der Waals surface area contributed by atoms with Gasteiger partial charge in [-0.05, 0) is 55.7 Å². The molecule has 2 atom stereocenters. The van der Waals surface area contributed by atoms with Crippen LogP contribution in [0.1, 0.15) is 49.2 Å². The number of hydrogen-bond donors (Lipinski definition) is 1. The molecule has 0 spiro atoms. The van der Waals surface area contributed by atoms with Crippen LogP contribution >= 0.6 is 0 Å². The van der Waals surface area contributed by atoms with Gasteiger partial charge in [-0.1, -0.05) is 54.6 Å². The summed E-state index contributed by atoms with van der Waals surface area (Å²) in [4.78, 5) is 32.7. The second kappa shape index (κ2) is 9.69. The highest BCUT2D eigenvalue weighted by atomic mass is 16.7. The molecular formula is C31H30N2O6. The molecule has 0 aliphatic carbocycles. The number of benzene rings is 3. The maximum Gasteiger partial charge on any atom is 0.411 e. The zero-order valence-electron chi connectivity index (χ0n) is 22.1. The molecule has 0 saturated heterocycles. The normalized spacial score (nSPS) is 18.1.